The highest BCUT2D eigenvalue weighted by Crippen LogP contribution is 2.18. The van der Waals surface area contributed by atoms with Gasteiger partial charge in [-0.2, -0.15) is 0 Å². The van der Waals surface area contributed by atoms with Crippen LogP contribution in [-0.4, -0.2) is 11.0 Å². The molecule has 5 heteroatoms. The first-order valence-corrected chi connectivity index (χ1v) is 7.00. The van der Waals surface area contributed by atoms with E-state index in [-0.39, 0.29) is 5.84 Å². The molecule has 0 bridgehead atoms. The number of rotatable bonds is 5. The summed E-state index contributed by atoms with van der Waals surface area (Å²) in [6.45, 7) is 3.50. The minimum Gasteiger partial charge on any atom is -0.409 e. The molecule has 0 aromatic heterocycles. The number of nitrogens with one attached hydrogen (secondary N) is 1. The van der Waals surface area contributed by atoms with Gasteiger partial charge in [0.15, 0.2) is 5.84 Å². The van der Waals surface area contributed by atoms with Crippen LogP contribution in [-0.2, 0) is 13.1 Å². The lowest BCUT2D eigenvalue weighted by Gasteiger charge is -2.08. The van der Waals surface area contributed by atoms with E-state index in [1.807, 2.05) is 6.07 Å². The Labute approximate surface area is 129 Å². The molecule has 2 rings (SSSR count). The van der Waals surface area contributed by atoms with Crippen LogP contribution in [0.3, 0.4) is 0 Å². The zero-order valence-corrected chi connectivity index (χ0v) is 12.6. The predicted molar refractivity (Wildman–Crippen MR) is 85.7 cm³/mol. The van der Waals surface area contributed by atoms with Crippen molar-refractivity contribution in [2.45, 2.75) is 20.0 Å². The SMILES string of the molecule is Cc1ccc(CNCc2ccc(/C(N)=N/O)cc2Cl)cc1. The molecule has 0 saturated carbocycles. The van der Waals surface area contributed by atoms with Crippen LogP contribution >= 0.6 is 11.6 Å². The Morgan fingerprint density at radius 2 is 1.90 bits per heavy atom. The molecule has 0 saturated heterocycles. The molecule has 0 amide bonds. The molecular weight excluding hydrogens is 286 g/mol. The number of nitrogens with zero attached hydrogens (tertiary/aromatic N) is 1. The Bertz CT molecular complexity index is 638. The van der Waals surface area contributed by atoms with E-state index in [1.54, 1.807) is 12.1 Å². The lowest BCUT2D eigenvalue weighted by atomic mass is 10.1. The number of nitrogens with two attached hydrogens (primary N) is 1. The smallest absolute Gasteiger partial charge is 0.170 e. The summed E-state index contributed by atoms with van der Waals surface area (Å²) in [5.74, 6) is 0.0519. The lowest BCUT2D eigenvalue weighted by Crippen LogP contribution is -2.15. The second kappa shape index (κ2) is 7.11. The van der Waals surface area contributed by atoms with Gasteiger partial charge in [0.1, 0.15) is 0 Å². The van der Waals surface area contributed by atoms with Crippen molar-refractivity contribution in [3.8, 4) is 0 Å². The van der Waals surface area contributed by atoms with Crippen molar-refractivity contribution >= 4 is 17.4 Å². The fraction of sp³-hybridized carbons (Fsp3) is 0.188. The highest BCUT2D eigenvalue weighted by atomic mass is 35.5. The van der Waals surface area contributed by atoms with Gasteiger partial charge in [0.25, 0.3) is 0 Å². The molecule has 2 aromatic rings. The maximum Gasteiger partial charge on any atom is 0.170 e. The molecule has 0 atom stereocenters. The Kier molecular flexibility index (Phi) is 5.20. The Morgan fingerprint density at radius 1 is 1.19 bits per heavy atom. The average molecular weight is 304 g/mol. The van der Waals surface area contributed by atoms with Crippen LogP contribution in [0.25, 0.3) is 0 Å². The molecule has 0 heterocycles. The Hall–Kier alpha value is -2.04. The van der Waals surface area contributed by atoms with E-state index in [9.17, 15) is 0 Å². The summed E-state index contributed by atoms with van der Waals surface area (Å²) in [4.78, 5) is 0. The van der Waals surface area contributed by atoms with Gasteiger partial charge < -0.3 is 16.3 Å². The highest BCUT2D eigenvalue weighted by Gasteiger charge is 2.05. The molecule has 0 unspecified atom stereocenters. The third-order valence-corrected chi connectivity index (χ3v) is 3.57. The van der Waals surface area contributed by atoms with Crippen molar-refractivity contribution in [1.82, 2.24) is 5.32 Å². The average Bonchev–Trinajstić information content (AvgIpc) is 2.50. The highest BCUT2D eigenvalue weighted by molar-refractivity contribution is 6.31. The lowest BCUT2D eigenvalue weighted by molar-refractivity contribution is 0.318. The van der Waals surface area contributed by atoms with Crippen molar-refractivity contribution in [2.75, 3.05) is 0 Å². The van der Waals surface area contributed by atoms with Gasteiger partial charge >= 0.3 is 0 Å². The van der Waals surface area contributed by atoms with E-state index < -0.39 is 0 Å². The van der Waals surface area contributed by atoms with Crippen LogP contribution in [0.2, 0.25) is 5.02 Å². The molecule has 4 nitrogen and oxygen atoms in total. The van der Waals surface area contributed by atoms with Crippen LogP contribution in [0.4, 0.5) is 0 Å². The van der Waals surface area contributed by atoms with Crippen molar-refractivity contribution in [3.63, 3.8) is 0 Å². The van der Waals surface area contributed by atoms with Crippen LogP contribution in [0.5, 0.6) is 0 Å². The van der Waals surface area contributed by atoms with Crippen molar-refractivity contribution in [1.29, 1.82) is 0 Å². The van der Waals surface area contributed by atoms with Crippen LogP contribution in [0.15, 0.2) is 47.6 Å². The number of amidine groups is 1. The van der Waals surface area contributed by atoms with Gasteiger partial charge in [0, 0.05) is 23.7 Å². The molecule has 0 radical (unpaired) electrons. The number of halogens is 1. The number of hydrogen-bond donors (Lipinski definition) is 3. The minimum atomic E-state index is 0.0519. The monoisotopic (exact) mass is 303 g/mol. The minimum absolute atomic E-state index is 0.0519. The fourth-order valence-electron chi connectivity index (χ4n) is 1.96. The van der Waals surface area contributed by atoms with Crippen molar-refractivity contribution in [3.05, 3.63) is 69.7 Å². The number of aryl methyl sites for hydroxylation is 1. The number of hydrogen-bond acceptors (Lipinski definition) is 3. The third-order valence-electron chi connectivity index (χ3n) is 3.22. The maximum atomic E-state index is 8.64. The molecule has 0 aliphatic carbocycles. The molecule has 0 fully saturated rings. The molecule has 21 heavy (non-hydrogen) atoms. The quantitative estimate of drug-likeness (QED) is 0.344. The molecular formula is C16H18ClN3O. The summed E-state index contributed by atoms with van der Waals surface area (Å²) in [5, 5.41) is 15.5. The summed E-state index contributed by atoms with van der Waals surface area (Å²) in [5.41, 5.74) is 9.58. The summed E-state index contributed by atoms with van der Waals surface area (Å²) in [6.07, 6.45) is 0. The van der Waals surface area contributed by atoms with Crippen LogP contribution in [0, 0.1) is 6.92 Å². The van der Waals surface area contributed by atoms with Gasteiger partial charge in [0.05, 0.1) is 0 Å². The second-order valence-corrected chi connectivity index (χ2v) is 5.29. The summed E-state index contributed by atoms with van der Waals surface area (Å²) in [7, 11) is 0. The maximum absolute atomic E-state index is 8.64. The van der Waals surface area contributed by atoms with Crippen molar-refractivity contribution in [2.24, 2.45) is 10.9 Å². The van der Waals surface area contributed by atoms with E-state index in [0.29, 0.717) is 17.1 Å². The van der Waals surface area contributed by atoms with Crippen LogP contribution < -0.4 is 11.1 Å². The Morgan fingerprint density at radius 3 is 2.52 bits per heavy atom. The first-order chi connectivity index (χ1) is 10.1. The largest absolute Gasteiger partial charge is 0.409 e. The van der Waals surface area contributed by atoms with Gasteiger partial charge in [0.2, 0.25) is 0 Å². The summed E-state index contributed by atoms with van der Waals surface area (Å²) in [6, 6.07) is 13.7. The molecule has 0 spiro atoms. The fourth-order valence-corrected chi connectivity index (χ4v) is 2.20. The van der Waals surface area contributed by atoms with Gasteiger partial charge in [-0.15, -0.1) is 0 Å². The van der Waals surface area contributed by atoms with Gasteiger partial charge in [-0.3, -0.25) is 0 Å². The molecule has 110 valence electrons. The summed E-state index contributed by atoms with van der Waals surface area (Å²) >= 11 is 6.20. The van der Waals surface area contributed by atoms with E-state index in [0.717, 1.165) is 12.1 Å². The standard InChI is InChI=1S/C16H18ClN3O/c1-11-2-4-12(5-3-11)9-19-10-14-7-6-13(8-15(14)17)16(18)20-21/h2-8,19,21H,9-10H2,1H3,(H2,18,20). The zero-order valence-electron chi connectivity index (χ0n) is 11.8. The molecule has 4 N–H and O–H groups in total. The molecule has 0 aliphatic heterocycles. The van der Waals surface area contributed by atoms with Gasteiger partial charge in [-0.05, 0) is 24.1 Å². The zero-order chi connectivity index (χ0) is 15.2. The third kappa shape index (κ3) is 4.21. The first kappa shape index (κ1) is 15.4. The second-order valence-electron chi connectivity index (χ2n) is 4.88. The number of oxime groups is 1. The van der Waals surface area contributed by atoms with Crippen LogP contribution in [0.1, 0.15) is 22.3 Å². The van der Waals surface area contributed by atoms with E-state index in [2.05, 4.69) is 41.7 Å². The molecule has 2 aromatic carbocycles. The van der Waals surface area contributed by atoms with E-state index >= 15 is 0 Å². The van der Waals surface area contributed by atoms with Gasteiger partial charge in [-0.1, -0.05) is 58.7 Å². The number of benzene rings is 2. The summed E-state index contributed by atoms with van der Waals surface area (Å²) < 4.78 is 0. The van der Waals surface area contributed by atoms with Gasteiger partial charge in [-0.25, -0.2) is 0 Å². The van der Waals surface area contributed by atoms with Crippen molar-refractivity contribution < 1.29 is 5.21 Å². The Balaban J connectivity index is 1.96. The van der Waals surface area contributed by atoms with E-state index in [1.165, 1.54) is 11.1 Å². The van der Waals surface area contributed by atoms with E-state index in [4.69, 9.17) is 22.5 Å². The topological polar surface area (TPSA) is 70.6 Å². The normalized spacial score (nSPS) is 11.6. The predicted octanol–water partition coefficient (Wildman–Crippen LogP) is 3.03. The molecule has 0 aliphatic rings. The first-order valence-electron chi connectivity index (χ1n) is 6.62.